The number of carbonyl (C=O) groups excluding carboxylic acids is 1. The normalized spacial score (nSPS) is 13.1. The number of carboxylic acid groups (broad SMARTS) is 1. The average Bonchev–Trinajstić information content (AvgIpc) is 3.10. The van der Waals surface area contributed by atoms with Gasteiger partial charge < -0.3 is 20.6 Å². The van der Waals surface area contributed by atoms with Gasteiger partial charge in [-0.3, -0.25) is 9.59 Å². The van der Waals surface area contributed by atoms with Gasteiger partial charge in [-0.05, 0) is 42.7 Å². The van der Waals surface area contributed by atoms with Crippen LogP contribution < -0.4 is 5.32 Å². The van der Waals surface area contributed by atoms with Gasteiger partial charge in [0.1, 0.15) is 5.82 Å². The van der Waals surface area contributed by atoms with E-state index >= 15 is 0 Å². The van der Waals surface area contributed by atoms with Crippen LogP contribution in [0.25, 0.3) is 11.8 Å². The Balaban J connectivity index is 0.00000544. The summed E-state index contributed by atoms with van der Waals surface area (Å²) >= 11 is 0. The number of halogens is 1. The Labute approximate surface area is 214 Å². The van der Waals surface area contributed by atoms with Gasteiger partial charge in [-0.2, -0.15) is 5.10 Å². The predicted molar refractivity (Wildman–Crippen MR) is 125 cm³/mol. The van der Waals surface area contributed by atoms with Crippen molar-refractivity contribution < 1.29 is 29.3 Å². The fourth-order valence-electron chi connectivity index (χ4n) is 3.29. The van der Waals surface area contributed by atoms with Crippen LogP contribution in [0.1, 0.15) is 67.7 Å². The first kappa shape index (κ1) is 29.0. The van der Waals surface area contributed by atoms with E-state index in [2.05, 4.69) is 10.4 Å². The third-order valence-corrected chi connectivity index (χ3v) is 4.76. The van der Waals surface area contributed by atoms with Crippen LogP contribution in [-0.2, 0) is 4.79 Å². The number of carboxylic acids is 1. The molecule has 2 aromatic rings. The second kappa shape index (κ2) is 13.6. The number of hydrogen-bond acceptors (Lipinski definition) is 5. The van der Waals surface area contributed by atoms with Crippen LogP contribution in [-0.4, -0.2) is 85.3 Å². The standard InChI is InChI=1S/C23H30FN3O5.Na.H/c1-4-11-25-23(32)22-21(14(2)3)19(10-9-17(28)12-18(29)13-20(30)31)27(26-22)16-7-5-15(24)6-8-16;;/h5-10,14,17-18,28-29H,4,11-13H2,1-3H3,(H,25,32)(H,30,31);;/b10-9+;;/t17-,18+;;/m0../s1. The van der Waals surface area contributed by atoms with E-state index in [1.165, 1.54) is 35.0 Å². The zero-order valence-electron chi connectivity index (χ0n) is 18.5. The van der Waals surface area contributed by atoms with Crippen LogP contribution in [0.15, 0.2) is 30.3 Å². The van der Waals surface area contributed by atoms with Crippen molar-refractivity contribution >= 4 is 47.5 Å². The van der Waals surface area contributed by atoms with E-state index < -0.39 is 30.4 Å². The van der Waals surface area contributed by atoms with Gasteiger partial charge in [0, 0.05) is 18.5 Å². The molecule has 0 bridgehead atoms. The molecule has 1 aromatic carbocycles. The zero-order chi connectivity index (χ0) is 23.8. The molecule has 0 fully saturated rings. The minimum absolute atomic E-state index is 0. The first-order valence-corrected chi connectivity index (χ1v) is 10.6. The van der Waals surface area contributed by atoms with Crippen molar-refractivity contribution in [2.45, 2.75) is 58.2 Å². The van der Waals surface area contributed by atoms with Gasteiger partial charge in [0.15, 0.2) is 5.69 Å². The van der Waals surface area contributed by atoms with Crippen molar-refractivity contribution in [2.24, 2.45) is 0 Å². The van der Waals surface area contributed by atoms with Crippen LogP contribution in [0.5, 0.6) is 0 Å². The monoisotopic (exact) mass is 471 g/mol. The SMILES string of the molecule is CCCNC(=O)c1nn(-c2ccc(F)cc2)c(/C=C/[C@H](O)C[C@@H](O)CC(=O)O)c1C(C)C.[NaH]. The van der Waals surface area contributed by atoms with Crippen molar-refractivity contribution in [3.05, 3.63) is 53.1 Å². The molecule has 10 heteroatoms. The van der Waals surface area contributed by atoms with Gasteiger partial charge >= 0.3 is 35.5 Å². The van der Waals surface area contributed by atoms with Crippen LogP contribution in [0.2, 0.25) is 0 Å². The Hall–Kier alpha value is -2.04. The number of aliphatic hydroxyl groups excluding tert-OH is 2. The van der Waals surface area contributed by atoms with Crippen molar-refractivity contribution in [3.8, 4) is 5.69 Å². The molecular formula is C23H31FN3NaO5. The number of rotatable bonds is 11. The number of aromatic nitrogens is 2. The van der Waals surface area contributed by atoms with Gasteiger partial charge in [-0.25, -0.2) is 9.07 Å². The van der Waals surface area contributed by atoms with Crippen molar-refractivity contribution in [3.63, 3.8) is 0 Å². The summed E-state index contributed by atoms with van der Waals surface area (Å²) in [5, 5.41) is 36.1. The zero-order valence-corrected chi connectivity index (χ0v) is 18.5. The summed E-state index contributed by atoms with van der Waals surface area (Å²) in [4.78, 5) is 23.5. The van der Waals surface area contributed by atoms with E-state index in [1.807, 2.05) is 20.8 Å². The molecule has 176 valence electrons. The van der Waals surface area contributed by atoms with Crippen molar-refractivity contribution in [1.82, 2.24) is 15.1 Å². The van der Waals surface area contributed by atoms with Gasteiger partial charge in [0.05, 0.1) is 30.0 Å². The van der Waals surface area contributed by atoms with Crippen LogP contribution in [0.4, 0.5) is 4.39 Å². The Morgan fingerprint density at radius 2 is 1.85 bits per heavy atom. The number of benzene rings is 1. The summed E-state index contributed by atoms with van der Waals surface area (Å²) in [6.45, 7) is 6.25. The maximum atomic E-state index is 13.4. The number of nitrogens with zero attached hydrogens (tertiary/aromatic N) is 2. The topological polar surface area (TPSA) is 125 Å². The van der Waals surface area contributed by atoms with Gasteiger partial charge in [-0.15, -0.1) is 0 Å². The molecule has 2 atom stereocenters. The van der Waals surface area contributed by atoms with Crippen molar-refractivity contribution in [1.29, 1.82) is 0 Å². The van der Waals surface area contributed by atoms with Crippen LogP contribution in [0, 0.1) is 5.82 Å². The average molecular weight is 472 g/mol. The number of carbonyl (C=O) groups is 2. The molecule has 0 aliphatic carbocycles. The fraction of sp³-hybridized carbons (Fsp3) is 0.435. The predicted octanol–water partition coefficient (Wildman–Crippen LogP) is 2.23. The number of aliphatic carboxylic acids is 1. The summed E-state index contributed by atoms with van der Waals surface area (Å²) in [5.74, 6) is -2.00. The molecule has 4 N–H and O–H groups in total. The molecule has 1 aromatic heterocycles. The van der Waals surface area contributed by atoms with Gasteiger partial charge in [-0.1, -0.05) is 26.8 Å². The number of amides is 1. The summed E-state index contributed by atoms with van der Waals surface area (Å²) in [6.07, 6.45) is 0.819. The Morgan fingerprint density at radius 3 is 2.39 bits per heavy atom. The Bertz CT molecular complexity index is 960. The summed E-state index contributed by atoms with van der Waals surface area (Å²) in [6, 6.07) is 5.63. The molecule has 0 saturated carbocycles. The summed E-state index contributed by atoms with van der Waals surface area (Å²) in [7, 11) is 0. The van der Waals surface area contributed by atoms with Crippen LogP contribution >= 0.6 is 0 Å². The quantitative estimate of drug-likeness (QED) is 0.373. The van der Waals surface area contributed by atoms with Crippen molar-refractivity contribution in [2.75, 3.05) is 6.54 Å². The minimum atomic E-state index is -1.20. The van der Waals surface area contributed by atoms with E-state index in [1.54, 1.807) is 6.08 Å². The molecule has 0 aliphatic rings. The van der Waals surface area contributed by atoms with Gasteiger partial charge in [0.2, 0.25) is 0 Å². The molecule has 0 spiro atoms. The van der Waals surface area contributed by atoms with Gasteiger partial charge in [0.25, 0.3) is 5.91 Å². The summed E-state index contributed by atoms with van der Waals surface area (Å²) < 4.78 is 14.9. The van der Waals surface area contributed by atoms with E-state index in [9.17, 15) is 24.2 Å². The second-order valence-electron chi connectivity index (χ2n) is 7.86. The number of nitrogens with one attached hydrogen (secondary N) is 1. The second-order valence-corrected chi connectivity index (χ2v) is 7.86. The molecule has 1 heterocycles. The molecule has 1 amide bonds. The molecule has 0 aliphatic heterocycles. The molecule has 2 rings (SSSR count). The third kappa shape index (κ3) is 8.35. The molecule has 0 saturated heterocycles. The maximum absolute atomic E-state index is 13.4. The molecule has 33 heavy (non-hydrogen) atoms. The Kier molecular flexibility index (Phi) is 12.0. The number of hydrogen-bond donors (Lipinski definition) is 4. The van der Waals surface area contributed by atoms with E-state index in [4.69, 9.17) is 5.11 Å². The third-order valence-electron chi connectivity index (χ3n) is 4.76. The molecule has 8 nitrogen and oxygen atoms in total. The van der Waals surface area contributed by atoms with E-state index in [0.717, 1.165) is 6.42 Å². The van der Waals surface area contributed by atoms with E-state index in [0.29, 0.717) is 23.5 Å². The molecule has 0 radical (unpaired) electrons. The molecular weight excluding hydrogens is 440 g/mol. The fourth-order valence-corrected chi connectivity index (χ4v) is 3.29. The van der Waals surface area contributed by atoms with E-state index in [-0.39, 0.29) is 53.5 Å². The first-order valence-electron chi connectivity index (χ1n) is 10.6. The summed E-state index contributed by atoms with van der Waals surface area (Å²) in [5.41, 5.74) is 1.94. The molecule has 0 unspecified atom stereocenters. The Morgan fingerprint density at radius 1 is 1.21 bits per heavy atom. The number of aliphatic hydroxyl groups is 2. The van der Waals surface area contributed by atoms with Crippen LogP contribution in [0.3, 0.4) is 0 Å². The first-order chi connectivity index (χ1) is 15.1.